The number of anilines is 1. The first-order chi connectivity index (χ1) is 8.69. The fourth-order valence-electron chi connectivity index (χ4n) is 1.61. The Morgan fingerprint density at radius 1 is 1.11 bits per heavy atom. The molecule has 1 aromatic heterocycles. The van der Waals surface area contributed by atoms with Crippen LogP contribution in [0.15, 0.2) is 36.4 Å². The van der Waals surface area contributed by atoms with Crippen molar-refractivity contribution >= 4 is 5.82 Å². The average Bonchev–Trinajstić information content (AvgIpc) is 2.41. The number of nitrogens with zero attached hydrogens (tertiary/aromatic N) is 2. The molecule has 2 aromatic rings. The zero-order valence-corrected chi connectivity index (χ0v) is 10.6. The van der Waals surface area contributed by atoms with E-state index in [1.807, 2.05) is 12.1 Å². The summed E-state index contributed by atoms with van der Waals surface area (Å²) in [7, 11) is 0. The number of ether oxygens (including phenoxy) is 1. The van der Waals surface area contributed by atoms with Crippen LogP contribution in [0.5, 0.6) is 11.6 Å². The van der Waals surface area contributed by atoms with Gasteiger partial charge in [0.25, 0.3) is 0 Å². The van der Waals surface area contributed by atoms with Crippen LogP contribution in [0.1, 0.15) is 31.7 Å². The second-order valence-electron chi connectivity index (χ2n) is 4.28. The first-order valence-corrected chi connectivity index (χ1v) is 6.06. The van der Waals surface area contributed by atoms with E-state index in [2.05, 4.69) is 36.2 Å². The Balaban J connectivity index is 2.08. The maximum atomic E-state index is 5.57. The first kappa shape index (κ1) is 12.4. The van der Waals surface area contributed by atoms with E-state index in [0.29, 0.717) is 17.6 Å². The maximum Gasteiger partial charge on any atom is 0.238 e. The summed E-state index contributed by atoms with van der Waals surface area (Å²) in [6, 6.07) is 11.4. The van der Waals surface area contributed by atoms with Gasteiger partial charge < -0.3 is 10.5 Å². The van der Waals surface area contributed by atoms with Crippen molar-refractivity contribution in [3.63, 3.8) is 0 Å². The third-order valence-electron chi connectivity index (χ3n) is 2.94. The van der Waals surface area contributed by atoms with Crippen LogP contribution in [0, 0.1) is 0 Å². The Morgan fingerprint density at radius 2 is 1.83 bits per heavy atom. The lowest BCUT2D eigenvalue weighted by Gasteiger charge is -2.10. The van der Waals surface area contributed by atoms with E-state index in [1.165, 1.54) is 5.56 Å². The highest BCUT2D eigenvalue weighted by atomic mass is 16.5. The van der Waals surface area contributed by atoms with Crippen molar-refractivity contribution in [2.24, 2.45) is 0 Å². The summed E-state index contributed by atoms with van der Waals surface area (Å²) in [6.45, 7) is 4.39. The smallest absolute Gasteiger partial charge is 0.238 e. The SMILES string of the molecule is CCC(C)c1ccc(Oc2ccc(N)nn2)cc1. The van der Waals surface area contributed by atoms with Gasteiger partial charge in [0.05, 0.1) is 0 Å². The molecule has 0 aliphatic rings. The fraction of sp³-hybridized carbons (Fsp3) is 0.286. The van der Waals surface area contributed by atoms with Gasteiger partial charge in [-0.3, -0.25) is 0 Å². The minimum absolute atomic E-state index is 0.384. The molecule has 0 bridgehead atoms. The monoisotopic (exact) mass is 243 g/mol. The average molecular weight is 243 g/mol. The van der Waals surface area contributed by atoms with E-state index in [0.717, 1.165) is 12.2 Å². The number of nitrogens with two attached hydrogens (primary N) is 1. The minimum Gasteiger partial charge on any atom is -0.438 e. The zero-order chi connectivity index (χ0) is 13.0. The van der Waals surface area contributed by atoms with E-state index in [4.69, 9.17) is 10.5 Å². The number of rotatable bonds is 4. The van der Waals surface area contributed by atoms with E-state index >= 15 is 0 Å². The quantitative estimate of drug-likeness (QED) is 0.894. The third kappa shape index (κ3) is 2.97. The molecule has 2 N–H and O–H groups in total. The highest BCUT2D eigenvalue weighted by Crippen LogP contribution is 2.24. The summed E-state index contributed by atoms with van der Waals surface area (Å²) in [5.74, 6) is 2.14. The van der Waals surface area contributed by atoms with Crippen LogP contribution >= 0.6 is 0 Å². The molecule has 18 heavy (non-hydrogen) atoms. The highest BCUT2D eigenvalue weighted by Gasteiger charge is 2.04. The van der Waals surface area contributed by atoms with Gasteiger partial charge in [0.15, 0.2) is 0 Å². The van der Waals surface area contributed by atoms with Crippen LogP contribution in [0.3, 0.4) is 0 Å². The van der Waals surface area contributed by atoms with Crippen molar-refractivity contribution in [1.82, 2.24) is 10.2 Å². The number of benzene rings is 1. The molecule has 94 valence electrons. The van der Waals surface area contributed by atoms with Gasteiger partial charge in [0.1, 0.15) is 11.6 Å². The summed E-state index contributed by atoms with van der Waals surface area (Å²) in [6.07, 6.45) is 1.13. The van der Waals surface area contributed by atoms with E-state index in [1.54, 1.807) is 12.1 Å². The van der Waals surface area contributed by atoms with Gasteiger partial charge in [0, 0.05) is 6.07 Å². The molecule has 0 saturated carbocycles. The van der Waals surface area contributed by atoms with Gasteiger partial charge >= 0.3 is 0 Å². The molecular formula is C14H17N3O. The van der Waals surface area contributed by atoms with Crippen molar-refractivity contribution in [2.45, 2.75) is 26.2 Å². The summed E-state index contributed by atoms with van der Waals surface area (Å²) in [4.78, 5) is 0. The Hall–Kier alpha value is -2.10. The van der Waals surface area contributed by atoms with Crippen molar-refractivity contribution in [2.75, 3.05) is 5.73 Å². The summed E-state index contributed by atoms with van der Waals surface area (Å²) >= 11 is 0. The molecule has 0 aliphatic carbocycles. The molecule has 0 spiro atoms. The standard InChI is InChI=1S/C14H17N3O/c1-3-10(2)11-4-6-12(7-5-11)18-14-9-8-13(15)16-17-14/h4-10H,3H2,1-2H3,(H2,15,16). The van der Waals surface area contributed by atoms with Crippen LogP contribution in [0.4, 0.5) is 5.82 Å². The first-order valence-electron chi connectivity index (χ1n) is 6.06. The van der Waals surface area contributed by atoms with Crippen LogP contribution in [-0.2, 0) is 0 Å². The van der Waals surface area contributed by atoms with E-state index < -0.39 is 0 Å². The van der Waals surface area contributed by atoms with Gasteiger partial charge in [-0.15, -0.1) is 10.2 Å². The fourth-order valence-corrected chi connectivity index (χ4v) is 1.61. The van der Waals surface area contributed by atoms with Crippen molar-refractivity contribution in [1.29, 1.82) is 0 Å². The Bertz CT molecular complexity index is 493. The van der Waals surface area contributed by atoms with Crippen LogP contribution < -0.4 is 10.5 Å². The molecule has 0 aliphatic heterocycles. The van der Waals surface area contributed by atoms with Crippen molar-refractivity contribution < 1.29 is 4.74 Å². The van der Waals surface area contributed by atoms with E-state index in [-0.39, 0.29) is 0 Å². The maximum absolute atomic E-state index is 5.57. The summed E-state index contributed by atoms with van der Waals surface area (Å²) in [5.41, 5.74) is 6.77. The van der Waals surface area contributed by atoms with Gasteiger partial charge in [0.2, 0.25) is 5.88 Å². The molecule has 1 aromatic carbocycles. The molecule has 0 saturated heterocycles. The topological polar surface area (TPSA) is 61.0 Å². The largest absolute Gasteiger partial charge is 0.438 e. The molecule has 0 radical (unpaired) electrons. The zero-order valence-electron chi connectivity index (χ0n) is 10.6. The van der Waals surface area contributed by atoms with Gasteiger partial charge in [-0.1, -0.05) is 26.0 Å². The molecule has 1 atom stereocenters. The van der Waals surface area contributed by atoms with E-state index in [9.17, 15) is 0 Å². The predicted octanol–water partition coefficient (Wildman–Crippen LogP) is 3.36. The van der Waals surface area contributed by atoms with Crippen LogP contribution in [0.2, 0.25) is 0 Å². The molecule has 1 heterocycles. The van der Waals surface area contributed by atoms with Gasteiger partial charge in [-0.05, 0) is 36.1 Å². The number of nitrogen functional groups attached to an aromatic ring is 1. The molecule has 4 nitrogen and oxygen atoms in total. The minimum atomic E-state index is 0.384. The number of hydrogen-bond acceptors (Lipinski definition) is 4. The van der Waals surface area contributed by atoms with Crippen LogP contribution in [-0.4, -0.2) is 10.2 Å². The lowest BCUT2D eigenvalue weighted by atomic mass is 9.99. The van der Waals surface area contributed by atoms with Crippen molar-refractivity contribution in [3.05, 3.63) is 42.0 Å². The normalized spacial score (nSPS) is 12.1. The Kier molecular flexibility index (Phi) is 3.77. The van der Waals surface area contributed by atoms with Crippen molar-refractivity contribution in [3.8, 4) is 11.6 Å². The highest BCUT2D eigenvalue weighted by molar-refractivity contribution is 5.33. The number of aromatic nitrogens is 2. The molecule has 0 fully saturated rings. The second kappa shape index (κ2) is 5.49. The molecule has 0 amide bonds. The van der Waals surface area contributed by atoms with Gasteiger partial charge in [-0.25, -0.2) is 0 Å². The van der Waals surface area contributed by atoms with Gasteiger partial charge in [-0.2, -0.15) is 0 Å². The molecule has 2 rings (SSSR count). The number of hydrogen-bond donors (Lipinski definition) is 1. The predicted molar refractivity (Wildman–Crippen MR) is 71.7 cm³/mol. The molecule has 1 unspecified atom stereocenters. The summed E-state index contributed by atoms with van der Waals surface area (Å²) < 4.78 is 5.57. The molecular weight excluding hydrogens is 226 g/mol. The third-order valence-corrected chi connectivity index (χ3v) is 2.94. The molecule has 4 heteroatoms. The second-order valence-corrected chi connectivity index (χ2v) is 4.28. The lowest BCUT2D eigenvalue weighted by Crippen LogP contribution is -1.95. The Labute approximate surface area is 107 Å². The lowest BCUT2D eigenvalue weighted by molar-refractivity contribution is 0.455. The van der Waals surface area contributed by atoms with Crippen LogP contribution in [0.25, 0.3) is 0 Å². The summed E-state index contributed by atoms with van der Waals surface area (Å²) in [5, 5.41) is 7.59. The Morgan fingerprint density at radius 3 is 2.39 bits per heavy atom.